The Labute approximate surface area is 198 Å². The number of urea groups is 1. The summed E-state index contributed by atoms with van der Waals surface area (Å²) in [6, 6.07) is 8.19. The molecule has 2 unspecified atom stereocenters. The molecule has 1 aliphatic carbocycles. The second kappa shape index (κ2) is 10.3. The van der Waals surface area contributed by atoms with Gasteiger partial charge in [0, 0.05) is 34.9 Å². The van der Waals surface area contributed by atoms with E-state index < -0.39 is 22.4 Å². The number of aryl methyl sites for hydroxylation is 1. The van der Waals surface area contributed by atoms with Gasteiger partial charge < -0.3 is 9.87 Å². The van der Waals surface area contributed by atoms with Crippen molar-refractivity contribution in [3.05, 3.63) is 70.5 Å². The summed E-state index contributed by atoms with van der Waals surface area (Å²) in [5, 5.41) is 4.91. The molecular formula is C23H24N4O4S2. The molecule has 1 aromatic carbocycles. The van der Waals surface area contributed by atoms with Gasteiger partial charge in [-0.05, 0) is 49.6 Å². The van der Waals surface area contributed by atoms with Crippen molar-refractivity contribution in [1.82, 2.24) is 9.97 Å². The van der Waals surface area contributed by atoms with Crippen LogP contribution in [0.4, 0.5) is 15.6 Å². The number of ketones is 1. The van der Waals surface area contributed by atoms with E-state index in [0.29, 0.717) is 21.7 Å². The summed E-state index contributed by atoms with van der Waals surface area (Å²) in [5.74, 6) is 0.0649. The Morgan fingerprint density at radius 1 is 1.15 bits per heavy atom. The Bertz CT molecular complexity index is 1180. The van der Waals surface area contributed by atoms with Gasteiger partial charge in [-0.15, -0.1) is 0 Å². The van der Waals surface area contributed by atoms with Gasteiger partial charge in [0.25, 0.3) is 0 Å². The molecule has 8 nitrogen and oxygen atoms in total. The van der Waals surface area contributed by atoms with Gasteiger partial charge in [-0.2, -0.15) is 0 Å². The molecule has 0 aliphatic heterocycles. The third-order valence-corrected chi connectivity index (χ3v) is 7.68. The van der Waals surface area contributed by atoms with Crippen molar-refractivity contribution in [1.29, 1.82) is 0 Å². The number of amides is 2. The normalized spacial score (nSPS) is 15.7. The zero-order chi connectivity index (χ0) is 23.4. The lowest BCUT2D eigenvalue weighted by Gasteiger charge is -2.14. The molecule has 1 saturated carbocycles. The smallest absolute Gasteiger partial charge is 0.307 e. The molecule has 0 saturated heterocycles. The second-order valence-corrected chi connectivity index (χ2v) is 10.1. The molecule has 2 atom stereocenters. The molecule has 1 fully saturated rings. The Kier molecular flexibility index (Phi) is 7.26. The maximum Gasteiger partial charge on any atom is 0.325 e. The van der Waals surface area contributed by atoms with Crippen molar-refractivity contribution in [2.75, 3.05) is 10.6 Å². The highest BCUT2D eigenvalue weighted by Gasteiger charge is 2.27. The highest BCUT2D eigenvalue weighted by molar-refractivity contribution is 7.79. The number of aromatic nitrogens is 2. The van der Waals surface area contributed by atoms with Crippen LogP contribution in [0.5, 0.6) is 0 Å². The average molecular weight is 485 g/mol. The highest BCUT2D eigenvalue weighted by Crippen LogP contribution is 2.34. The van der Waals surface area contributed by atoms with E-state index in [1.165, 1.54) is 6.20 Å². The van der Waals surface area contributed by atoms with Crippen LogP contribution in [0, 0.1) is 12.8 Å². The molecule has 1 aliphatic rings. The summed E-state index contributed by atoms with van der Waals surface area (Å²) in [6.45, 7) is 1.91. The number of hydrogen-bond donors (Lipinski definition) is 3. The molecule has 2 aromatic heterocycles. The molecule has 3 aromatic rings. The van der Waals surface area contributed by atoms with Gasteiger partial charge in [-0.1, -0.05) is 35.8 Å². The predicted molar refractivity (Wildman–Crippen MR) is 129 cm³/mol. The number of anilines is 2. The van der Waals surface area contributed by atoms with Gasteiger partial charge in [-0.25, -0.2) is 14.0 Å². The molecule has 0 bridgehead atoms. The van der Waals surface area contributed by atoms with E-state index in [1.54, 1.807) is 30.6 Å². The summed E-state index contributed by atoms with van der Waals surface area (Å²) < 4.78 is 21.7. The lowest BCUT2D eigenvalue weighted by Crippen LogP contribution is -2.22. The zero-order valence-corrected chi connectivity index (χ0v) is 19.6. The van der Waals surface area contributed by atoms with Gasteiger partial charge >= 0.3 is 6.03 Å². The monoisotopic (exact) mass is 484 g/mol. The first-order valence-corrected chi connectivity index (χ1v) is 12.6. The van der Waals surface area contributed by atoms with Crippen molar-refractivity contribution in [3.63, 3.8) is 0 Å². The number of pyridine rings is 1. The van der Waals surface area contributed by atoms with E-state index in [0.717, 1.165) is 42.6 Å². The van der Waals surface area contributed by atoms with Crippen molar-refractivity contribution in [3.8, 4) is 0 Å². The third kappa shape index (κ3) is 5.52. The lowest BCUT2D eigenvalue weighted by atomic mass is 9.94. The van der Waals surface area contributed by atoms with Gasteiger partial charge in [0.15, 0.2) is 22.0 Å². The molecule has 10 heteroatoms. The molecular weight excluding hydrogens is 460 g/mol. The zero-order valence-electron chi connectivity index (χ0n) is 18.0. The second-order valence-electron chi connectivity index (χ2n) is 7.98. The number of thiazole rings is 1. The van der Waals surface area contributed by atoms with Crippen molar-refractivity contribution in [2.45, 2.75) is 37.9 Å². The Morgan fingerprint density at radius 2 is 1.88 bits per heavy atom. The van der Waals surface area contributed by atoms with E-state index in [2.05, 4.69) is 20.6 Å². The average Bonchev–Trinajstić information content (AvgIpc) is 3.48. The largest absolute Gasteiger partial charge is 0.325 e. The quantitative estimate of drug-likeness (QED) is 0.314. The summed E-state index contributed by atoms with van der Waals surface area (Å²) >= 11 is -1.06. The first kappa shape index (κ1) is 23.2. The number of nitrogens with one attached hydrogen (secondary N) is 2. The van der Waals surface area contributed by atoms with Crippen LogP contribution in [0.15, 0.2) is 48.9 Å². The molecule has 172 valence electrons. The van der Waals surface area contributed by atoms with Crippen LogP contribution in [0.2, 0.25) is 0 Å². The van der Waals surface area contributed by atoms with Crippen LogP contribution in [0.3, 0.4) is 0 Å². The number of hydrogen-bond acceptors (Lipinski definition) is 6. The predicted octanol–water partition coefficient (Wildman–Crippen LogP) is 5.17. The van der Waals surface area contributed by atoms with Gasteiger partial charge in [0.05, 0.1) is 5.69 Å². The van der Waals surface area contributed by atoms with E-state index in [4.69, 9.17) is 0 Å². The summed E-state index contributed by atoms with van der Waals surface area (Å²) in [4.78, 5) is 34.3. The Morgan fingerprint density at radius 3 is 2.58 bits per heavy atom. The fourth-order valence-corrected chi connectivity index (χ4v) is 5.88. The number of carbonyl (C=O) groups excluding carboxylic acids is 2. The fourth-order valence-electron chi connectivity index (χ4n) is 4.01. The maximum atomic E-state index is 13.0. The van der Waals surface area contributed by atoms with Crippen LogP contribution in [-0.2, 0) is 11.1 Å². The topological polar surface area (TPSA) is 121 Å². The minimum Gasteiger partial charge on any atom is -0.307 e. The van der Waals surface area contributed by atoms with Gasteiger partial charge in [-0.3, -0.25) is 15.1 Å². The number of carbonyl (C=O) groups is 2. The number of rotatable bonds is 7. The number of nitrogens with zero attached hydrogens (tertiary/aromatic N) is 2. The van der Waals surface area contributed by atoms with Crippen LogP contribution in [0.25, 0.3) is 0 Å². The Balaban J connectivity index is 1.49. The maximum absolute atomic E-state index is 13.0. The molecule has 2 heterocycles. The molecule has 0 spiro atoms. The highest BCUT2D eigenvalue weighted by atomic mass is 32.2. The summed E-state index contributed by atoms with van der Waals surface area (Å²) in [5.41, 5.74) is 2.55. The molecule has 33 heavy (non-hydrogen) atoms. The minimum absolute atomic E-state index is 0.00130. The molecule has 0 radical (unpaired) electrons. The molecule has 3 N–H and O–H groups in total. The summed E-state index contributed by atoms with van der Waals surface area (Å²) in [6.07, 6.45) is 8.44. The van der Waals surface area contributed by atoms with E-state index in [1.807, 2.05) is 19.1 Å². The number of Topliss-reactive ketones (excluding diaryl/α,β-unsaturated/α-hetero) is 1. The van der Waals surface area contributed by atoms with E-state index in [-0.39, 0.29) is 16.8 Å². The van der Waals surface area contributed by atoms with Crippen LogP contribution in [-0.4, -0.2) is 30.5 Å². The first-order valence-electron chi connectivity index (χ1n) is 10.6. The SMILES string of the molecule is Cc1ccc(NC(=O)Nc2ncc(C(c3ccncc3)S(=O)O)s2)c(C(=O)C2CCCC2)c1. The van der Waals surface area contributed by atoms with Gasteiger partial charge in [0.1, 0.15) is 5.25 Å². The lowest BCUT2D eigenvalue weighted by molar-refractivity contribution is 0.0923. The van der Waals surface area contributed by atoms with Gasteiger partial charge in [0.2, 0.25) is 0 Å². The minimum atomic E-state index is -2.17. The van der Waals surface area contributed by atoms with E-state index >= 15 is 0 Å². The Hall–Kier alpha value is -2.95. The van der Waals surface area contributed by atoms with Crippen molar-refractivity contribution in [2.24, 2.45) is 5.92 Å². The first-order chi connectivity index (χ1) is 15.9. The van der Waals surface area contributed by atoms with Crippen LogP contribution in [0.1, 0.15) is 57.3 Å². The number of benzene rings is 1. The summed E-state index contributed by atoms with van der Waals surface area (Å²) in [7, 11) is 0. The third-order valence-electron chi connectivity index (χ3n) is 5.63. The molecule has 4 rings (SSSR count). The van der Waals surface area contributed by atoms with Crippen LogP contribution >= 0.6 is 11.3 Å². The van der Waals surface area contributed by atoms with E-state index in [9.17, 15) is 18.4 Å². The standard InChI is InChI=1S/C23H24N4O4S2/c1-14-6-7-18(17(12-14)20(28)15-4-2-3-5-15)26-22(29)27-23-25-13-19(32-23)21(33(30)31)16-8-10-24-11-9-16/h6-13,15,21H,2-5H2,1H3,(H,30,31)(H2,25,26,27,29). The molecule has 2 amide bonds. The van der Waals surface area contributed by atoms with Crippen molar-refractivity contribution < 1.29 is 18.4 Å². The van der Waals surface area contributed by atoms with Crippen molar-refractivity contribution >= 4 is 45.1 Å². The fraction of sp³-hybridized carbons (Fsp3) is 0.304. The van der Waals surface area contributed by atoms with Crippen LogP contribution < -0.4 is 10.6 Å².